The molecule has 1 aromatic heterocycles. The molecule has 0 saturated heterocycles. The minimum Gasteiger partial charge on any atom is -0.489 e. The van der Waals surface area contributed by atoms with Crippen LogP contribution in [-0.4, -0.2) is 18.0 Å². The van der Waals surface area contributed by atoms with Gasteiger partial charge in [0.15, 0.2) is 5.76 Å². The fourth-order valence-corrected chi connectivity index (χ4v) is 3.00. The zero-order valence-corrected chi connectivity index (χ0v) is 17.6. The number of rotatable bonds is 8. The molecule has 7 nitrogen and oxygen atoms in total. The summed E-state index contributed by atoms with van der Waals surface area (Å²) in [7, 11) is 0. The maximum atomic E-state index is 12.6. The van der Waals surface area contributed by atoms with Gasteiger partial charge in [0.05, 0.1) is 23.7 Å². The molecule has 0 atom stereocenters. The van der Waals surface area contributed by atoms with Gasteiger partial charge >= 0.3 is 0 Å². The molecule has 0 aliphatic rings. The van der Waals surface area contributed by atoms with Crippen molar-refractivity contribution in [2.24, 2.45) is 5.10 Å². The minimum atomic E-state index is -0.454. The van der Waals surface area contributed by atoms with E-state index in [4.69, 9.17) is 9.15 Å². The third kappa shape index (κ3) is 5.95. The highest BCUT2D eigenvalue weighted by Gasteiger charge is 2.15. The molecule has 4 aromatic rings. The molecule has 0 unspecified atom stereocenters. The zero-order chi connectivity index (χ0) is 22.9. The first kappa shape index (κ1) is 21.6. The van der Waals surface area contributed by atoms with Gasteiger partial charge in [-0.25, -0.2) is 5.43 Å². The number of furan rings is 1. The number of nitrogens with one attached hydrogen (secondary N) is 2. The molecule has 0 aliphatic heterocycles. The molecule has 7 heteroatoms. The van der Waals surface area contributed by atoms with Crippen molar-refractivity contribution in [2.75, 3.05) is 5.32 Å². The van der Waals surface area contributed by atoms with Gasteiger partial charge in [-0.2, -0.15) is 5.10 Å². The van der Waals surface area contributed by atoms with Crippen molar-refractivity contribution in [3.63, 3.8) is 0 Å². The summed E-state index contributed by atoms with van der Waals surface area (Å²) in [6, 6.07) is 27.1. The predicted octanol–water partition coefficient (Wildman–Crippen LogP) is 4.87. The summed E-state index contributed by atoms with van der Waals surface area (Å²) >= 11 is 0. The highest BCUT2D eigenvalue weighted by atomic mass is 16.5. The van der Waals surface area contributed by atoms with Gasteiger partial charge in [-0.1, -0.05) is 42.5 Å². The lowest BCUT2D eigenvalue weighted by Gasteiger charge is -2.09. The van der Waals surface area contributed by atoms with Crippen LogP contribution in [0.15, 0.2) is 107 Å². The minimum absolute atomic E-state index is 0.152. The van der Waals surface area contributed by atoms with E-state index >= 15 is 0 Å². The molecule has 0 bridgehead atoms. The molecule has 0 radical (unpaired) electrons. The van der Waals surface area contributed by atoms with E-state index < -0.39 is 11.8 Å². The summed E-state index contributed by atoms with van der Waals surface area (Å²) < 4.78 is 10.8. The van der Waals surface area contributed by atoms with Crippen LogP contribution in [0.2, 0.25) is 0 Å². The van der Waals surface area contributed by atoms with Crippen molar-refractivity contribution in [2.45, 2.75) is 6.61 Å². The summed E-state index contributed by atoms with van der Waals surface area (Å²) in [5.74, 6) is -0.0107. The van der Waals surface area contributed by atoms with Crippen molar-refractivity contribution in [1.82, 2.24) is 5.43 Å². The first-order chi connectivity index (χ1) is 16.2. The monoisotopic (exact) mass is 439 g/mol. The van der Waals surface area contributed by atoms with Gasteiger partial charge in [0.25, 0.3) is 11.8 Å². The van der Waals surface area contributed by atoms with Crippen LogP contribution in [0.3, 0.4) is 0 Å². The van der Waals surface area contributed by atoms with Crippen LogP contribution in [0.5, 0.6) is 5.75 Å². The lowest BCUT2D eigenvalue weighted by molar-refractivity contribution is 0.0956. The number of hydrogen-bond acceptors (Lipinski definition) is 5. The number of nitrogens with zero attached hydrogens (tertiary/aromatic N) is 1. The molecule has 0 fully saturated rings. The number of carbonyl (C=O) groups is 2. The van der Waals surface area contributed by atoms with E-state index in [1.165, 1.54) is 12.5 Å². The second-order valence-electron chi connectivity index (χ2n) is 7.02. The summed E-state index contributed by atoms with van der Waals surface area (Å²) in [5.41, 5.74) is 4.99. The SMILES string of the molecule is O=C(Nc1ccccc1C(=O)N/N=C/c1ccc(OCc2ccccc2)cc1)c1ccco1. The quantitative estimate of drug-likeness (QED) is 0.302. The van der Waals surface area contributed by atoms with Gasteiger partial charge in [0, 0.05) is 0 Å². The Labute approximate surface area is 190 Å². The maximum absolute atomic E-state index is 12.6. The van der Waals surface area contributed by atoms with Crippen LogP contribution < -0.4 is 15.5 Å². The van der Waals surface area contributed by atoms with Gasteiger partial charge in [0.2, 0.25) is 0 Å². The van der Waals surface area contributed by atoms with Crippen LogP contribution in [0.1, 0.15) is 32.0 Å². The fraction of sp³-hybridized carbons (Fsp3) is 0.0385. The van der Waals surface area contributed by atoms with E-state index in [0.29, 0.717) is 12.3 Å². The first-order valence-electron chi connectivity index (χ1n) is 10.2. The molecule has 0 spiro atoms. The van der Waals surface area contributed by atoms with E-state index in [-0.39, 0.29) is 11.3 Å². The third-order valence-electron chi connectivity index (χ3n) is 4.67. The van der Waals surface area contributed by atoms with Gasteiger partial charge in [0.1, 0.15) is 12.4 Å². The number of amides is 2. The Bertz CT molecular complexity index is 1230. The van der Waals surface area contributed by atoms with Crippen molar-refractivity contribution >= 4 is 23.7 Å². The molecule has 1 heterocycles. The van der Waals surface area contributed by atoms with E-state index in [0.717, 1.165) is 16.9 Å². The van der Waals surface area contributed by atoms with E-state index in [1.807, 2.05) is 54.6 Å². The highest BCUT2D eigenvalue weighted by Crippen LogP contribution is 2.17. The summed E-state index contributed by atoms with van der Waals surface area (Å²) in [5, 5.41) is 6.69. The molecule has 2 amide bonds. The molecule has 33 heavy (non-hydrogen) atoms. The largest absolute Gasteiger partial charge is 0.489 e. The number of benzene rings is 3. The van der Waals surface area contributed by atoms with Crippen LogP contribution in [0, 0.1) is 0 Å². The van der Waals surface area contributed by atoms with Crippen molar-refractivity contribution in [3.05, 3.63) is 120 Å². The van der Waals surface area contributed by atoms with Crippen molar-refractivity contribution in [1.29, 1.82) is 0 Å². The Morgan fingerprint density at radius 2 is 1.61 bits per heavy atom. The summed E-state index contributed by atoms with van der Waals surface area (Å²) in [4.78, 5) is 24.8. The Morgan fingerprint density at radius 3 is 2.36 bits per heavy atom. The second kappa shape index (κ2) is 10.6. The van der Waals surface area contributed by atoms with E-state index in [2.05, 4.69) is 15.8 Å². The lowest BCUT2D eigenvalue weighted by atomic mass is 10.1. The van der Waals surface area contributed by atoms with Crippen LogP contribution >= 0.6 is 0 Å². The second-order valence-corrected chi connectivity index (χ2v) is 7.02. The number of para-hydroxylation sites is 1. The number of ether oxygens (including phenoxy) is 1. The number of hydrazone groups is 1. The number of hydrogen-bond donors (Lipinski definition) is 2. The van der Waals surface area contributed by atoms with Gasteiger partial charge < -0.3 is 14.5 Å². The molecule has 164 valence electrons. The maximum Gasteiger partial charge on any atom is 0.291 e. The van der Waals surface area contributed by atoms with E-state index in [9.17, 15) is 9.59 Å². The zero-order valence-electron chi connectivity index (χ0n) is 17.6. The topological polar surface area (TPSA) is 92.9 Å². The Hall–Kier alpha value is -4.65. The number of carbonyl (C=O) groups excluding carboxylic acids is 2. The molecule has 0 saturated carbocycles. The standard InChI is InChI=1S/C26H21N3O4/c30-25(22-9-4-5-10-23(22)28-26(31)24-11-6-16-32-24)29-27-17-19-12-14-21(15-13-19)33-18-20-7-2-1-3-8-20/h1-17H,18H2,(H,28,31)(H,29,30)/b27-17+. The number of anilines is 1. The van der Waals surface area contributed by atoms with Crippen molar-refractivity contribution in [3.8, 4) is 5.75 Å². The van der Waals surface area contributed by atoms with Gasteiger partial charge in [-0.3, -0.25) is 9.59 Å². The van der Waals surface area contributed by atoms with Gasteiger partial charge in [-0.05, 0) is 59.7 Å². The molecule has 2 N–H and O–H groups in total. The van der Waals surface area contributed by atoms with Crippen LogP contribution in [0.4, 0.5) is 5.69 Å². The molecular weight excluding hydrogens is 418 g/mol. The fourth-order valence-electron chi connectivity index (χ4n) is 3.00. The van der Waals surface area contributed by atoms with E-state index in [1.54, 1.807) is 36.4 Å². The highest BCUT2D eigenvalue weighted by molar-refractivity contribution is 6.07. The lowest BCUT2D eigenvalue weighted by Crippen LogP contribution is -2.21. The average molecular weight is 439 g/mol. The Balaban J connectivity index is 1.33. The summed E-state index contributed by atoms with van der Waals surface area (Å²) in [6.45, 7) is 0.486. The normalized spacial score (nSPS) is 10.7. The Morgan fingerprint density at radius 1 is 0.848 bits per heavy atom. The van der Waals surface area contributed by atoms with Crippen LogP contribution in [-0.2, 0) is 6.61 Å². The van der Waals surface area contributed by atoms with Crippen molar-refractivity contribution < 1.29 is 18.7 Å². The van der Waals surface area contributed by atoms with Crippen LogP contribution in [0.25, 0.3) is 0 Å². The molecule has 3 aromatic carbocycles. The predicted molar refractivity (Wildman–Crippen MR) is 125 cm³/mol. The smallest absolute Gasteiger partial charge is 0.291 e. The molecule has 0 aliphatic carbocycles. The first-order valence-corrected chi connectivity index (χ1v) is 10.2. The summed E-state index contributed by atoms with van der Waals surface area (Å²) in [6.07, 6.45) is 2.94. The molecule has 4 rings (SSSR count). The van der Waals surface area contributed by atoms with Gasteiger partial charge in [-0.15, -0.1) is 0 Å². The molecular formula is C26H21N3O4. The average Bonchev–Trinajstić information content (AvgIpc) is 3.40. The Kier molecular flexibility index (Phi) is 6.92. The third-order valence-corrected chi connectivity index (χ3v) is 4.67.